The van der Waals surface area contributed by atoms with Crippen LogP contribution in [0.2, 0.25) is 0 Å². The zero-order chi connectivity index (χ0) is 20.6. The van der Waals surface area contributed by atoms with E-state index in [1.54, 1.807) is 18.6 Å². The first kappa shape index (κ1) is 18.9. The molecule has 5 N–H and O–H groups in total. The van der Waals surface area contributed by atoms with Gasteiger partial charge in [-0.2, -0.15) is 10.2 Å². The Morgan fingerprint density at radius 2 is 1.97 bits per heavy atom. The second-order valence-corrected chi connectivity index (χ2v) is 7.50. The second-order valence-electron chi connectivity index (χ2n) is 7.50. The van der Waals surface area contributed by atoms with Crippen LogP contribution in [0.15, 0.2) is 53.1 Å². The Balaban J connectivity index is 1.68. The molecule has 4 heterocycles. The minimum atomic E-state index is -0.410. The van der Waals surface area contributed by atoms with Crippen molar-refractivity contribution in [3.8, 4) is 0 Å². The summed E-state index contributed by atoms with van der Waals surface area (Å²) in [6, 6.07) is 7.77. The zero-order valence-corrected chi connectivity index (χ0v) is 16.7. The van der Waals surface area contributed by atoms with Crippen LogP contribution in [0.25, 0.3) is 16.3 Å². The molecule has 0 unspecified atom stereocenters. The molecular formula is C21H24N8. The molecule has 0 spiro atoms. The smallest absolute Gasteiger partial charge is 0.133 e. The molecule has 0 aromatic carbocycles. The number of anilines is 3. The monoisotopic (exact) mass is 388 g/mol. The standard InChI is InChI=1S/C21H24N8/c1-4-21(3,23)14-5-6-24-19(9-14)28-18-8-13-7-17(15-11-26-29-12(15)2)27-20(22)16(13)10-25-18/h5-12H,4,23H2,1-3H3,(H2,22,27)(H,24,25,28)/t12-,21+/m0/s1. The molecule has 0 bridgehead atoms. The van der Waals surface area contributed by atoms with Crippen molar-refractivity contribution in [1.29, 1.82) is 0 Å². The van der Waals surface area contributed by atoms with Crippen LogP contribution in [-0.2, 0) is 5.54 Å². The van der Waals surface area contributed by atoms with Gasteiger partial charge < -0.3 is 16.8 Å². The van der Waals surface area contributed by atoms with E-state index in [0.29, 0.717) is 17.5 Å². The number of nitrogens with zero attached hydrogens (tertiary/aromatic N) is 5. The van der Waals surface area contributed by atoms with Crippen molar-refractivity contribution in [3.63, 3.8) is 0 Å². The lowest BCUT2D eigenvalue weighted by Gasteiger charge is -2.23. The number of fused-ring (bicyclic) bond motifs is 1. The van der Waals surface area contributed by atoms with Crippen LogP contribution in [0.5, 0.6) is 0 Å². The van der Waals surface area contributed by atoms with Gasteiger partial charge in [-0.1, -0.05) is 6.92 Å². The first-order valence-electron chi connectivity index (χ1n) is 9.56. The first-order chi connectivity index (χ1) is 13.9. The fraction of sp³-hybridized carbons (Fsp3) is 0.286. The summed E-state index contributed by atoms with van der Waals surface area (Å²) in [7, 11) is 0. The van der Waals surface area contributed by atoms with Crippen LogP contribution in [0.4, 0.5) is 17.5 Å². The van der Waals surface area contributed by atoms with Gasteiger partial charge >= 0.3 is 0 Å². The Morgan fingerprint density at radius 3 is 2.69 bits per heavy atom. The third kappa shape index (κ3) is 3.66. The molecule has 3 aromatic heterocycles. The van der Waals surface area contributed by atoms with Gasteiger partial charge in [0.2, 0.25) is 0 Å². The van der Waals surface area contributed by atoms with Crippen molar-refractivity contribution < 1.29 is 0 Å². The van der Waals surface area contributed by atoms with E-state index in [9.17, 15) is 0 Å². The van der Waals surface area contributed by atoms with Crippen LogP contribution < -0.4 is 16.8 Å². The Hall–Kier alpha value is -3.39. The number of azo groups is 1. The molecular weight excluding hydrogens is 364 g/mol. The second kappa shape index (κ2) is 7.21. The third-order valence-electron chi connectivity index (χ3n) is 5.34. The molecule has 4 rings (SSSR count). The highest BCUT2D eigenvalue weighted by Gasteiger charge is 2.20. The molecule has 2 atom stereocenters. The maximum absolute atomic E-state index is 6.37. The number of pyridine rings is 3. The molecule has 0 aliphatic carbocycles. The normalized spacial score (nSPS) is 17.9. The Bertz CT molecular complexity index is 1130. The molecule has 0 amide bonds. The fourth-order valence-electron chi connectivity index (χ4n) is 3.23. The summed E-state index contributed by atoms with van der Waals surface area (Å²) in [4.78, 5) is 13.4. The highest BCUT2D eigenvalue weighted by Crippen LogP contribution is 2.30. The van der Waals surface area contributed by atoms with Gasteiger partial charge in [-0.25, -0.2) is 15.0 Å². The number of hydrogen-bond acceptors (Lipinski definition) is 8. The van der Waals surface area contributed by atoms with E-state index in [4.69, 9.17) is 11.5 Å². The van der Waals surface area contributed by atoms with E-state index in [-0.39, 0.29) is 6.04 Å². The lowest BCUT2D eigenvalue weighted by Crippen LogP contribution is -2.32. The zero-order valence-electron chi connectivity index (χ0n) is 16.7. The van der Waals surface area contributed by atoms with Gasteiger partial charge in [-0.3, -0.25) is 0 Å². The van der Waals surface area contributed by atoms with Crippen molar-refractivity contribution in [2.75, 3.05) is 11.1 Å². The molecule has 0 saturated heterocycles. The van der Waals surface area contributed by atoms with E-state index < -0.39 is 5.54 Å². The molecule has 1 aliphatic heterocycles. The van der Waals surface area contributed by atoms with Gasteiger partial charge in [0.05, 0.1) is 17.9 Å². The van der Waals surface area contributed by atoms with Crippen molar-refractivity contribution in [3.05, 3.63) is 54.1 Å². The molecule has 8 nitrogen and oxygen atoms in total. The number of nitrogens with two attached hydrogens (primary N) is 2. The van der Waals surface area contributed by atoms with E-state index in [0.717, 1.165) is 34.0 Å². The van der Waals surface area contributed by atoms with E-state index in [1.807, 2.05) is 38.1 Å². The van der Waals surface area contributed by atoms with Crippen molar-refractivity contribution >= 4 is 33.8 Å². The van der Waals surface area contributed by atoms with Crippen LogP contribution in [0.3, 0.4) is 0 Å². The van der Waals surface area contributed by atoms with Crippen molar-refractivity contribution in [1.82, 2.24) is 15.0 Å². The third-order valence-corrected chi connectivity index (χ3v) is 5.34. The average molecular weight is 388 g/mol. The van der Waals surface area contributed by atoms with E-state index in [2.05, 4.69) is 37.4 Å². The lowest BCUT2D eigenvalue weighted by molar-refractivity contribution is 0.476. The van der Waals surface area contributed by atoms with E-state index >= 15 is 0 Å². The Kier molecular flexibility index (Phi) is 4.71. The number of rotatable bonds is 5. The lowest BCUT2D eigenvalue weighted by atomic mass is 9.91. The summed E-state index contributed by atoms with van der Waals surface area (Å²) in [5, 5.41) is 13.1. The predicted octanol–water partition coefficient (Wildman–Crippen LogP) is 4.13. The van der Waals surface area contributed by atoms with Gasteiger partial charge in [-0.05, 0) is 55.5 Å². The first-order valence-corrected chi connectivity index (χ1v) is 9.56. The number of aromatic nitrogens is 3. The Labute approximate surface area is 169 Å². The highest BCUT2D eigenvalue weighted by molar-refractivity contribution is 5.94. The summed E-state index contributed by atoms with van der Waals surface area (Å²) < 4.78 is 0. The van der Waals surface area contributed by atoms with E-state index in [1.165, 1.54) is 0 Å². The topological polar surface area (TPSA) is 127 Å². The molecule has 1 aliphatic rings. The van der Waals surface area contributed by atoms with Gasteiger partial charge in [0, 0.05) is 28.9 Å². The average Bonchev–Trinajstić information content (AvgIpc) is 3.14. The molecule has 0 fully saturated rings. The van der Waals surface area contributed by atoms with Gasteiger partial charge in [-0.15, -0.1) is 0 Å². The van der Waals surface area contributed by atoms with Crippen LogP contribution in [0.1, 0.15) is 38.4 Å². The summed E-state index contributed by atoms with van der Waals surface area (Å²) in [5.41, 5.74) is 14.9. The maximum atomic E-state index is 6.37. The molecule has 0 saturated carbocycles. The quantitative estimate of drug-likeness (QED) is 0.603. The largest absolute Gasteiger partial charge is 0.383 e. The summed E-state index contributed by atoms with van der Waals surface area (Å²) >= 11 is 0. The molecule has 148 valence electrons. The maximum Gasteiger partial charge on any atom is 0.133 e. The highest BCUT2D eigenvalue weighted by atomic mass is 15.1. The summed E-state index contributed by atoms with van der Waals surface area (Å²) in [5.74, 6) is 1.78. The Morgan fingerprint density at radius 1 is 1.17 bits per heavy atom. The van der Waals surface area contributed by atoms with Gasteiger partial charge in [0.25, 0.3) is 0 Å². The van der Waals surface area contributed by atoms with Crippen LogP contribution >= 0.6 is 0 Å². The number of hydrogen-bond donors (Lipinski definition) is 3. The molecule has 8 heteroatoms. The number of nitrogens with one attached hydrogen (secondary N) is 1. The molecule has 3 aromatic rings. The minimum absolute atomic E-state index is 0.0325. The number of nitrogen functional groups attached to an aromatic ring is 1. The van der Waals surface area contributed by atoms with Crippen LogP contribution in [0, 0.1) is 0 Å². The van der Waals surface area contributed by atoms with Gasteiger partial charge in [0.15, 0.2) is 0 Å². The minimum Gasteiger partial charge on any atom is -0.383 e. The molecule has 0 radical (unpaired) electrons. The van der Waals surface area contributed by atoms with Crippen LogP contribution in [-0.4, -0.2) is 21.0 Å². The SMILES string of the molecule is CC[C@@](C)(N)c1ccnc(Nc2cc3cc(C4=CN=N[C@H]4C)nc(N)c3cn2)c1. The predicted molar refractivity (Wildman–Crippen MR) is 116 cm³/mol. The van der Waals surface area contributed by atoms with Gasteiger partial charge in [0.1, 0.15) is 17.5 Å². The van der Waals surface area contributed by atoms with Crippen molar-refractivity contribution in [2.45, 2.75) is 38.8 Å². The van der Waals surface area contributed by atoms with Crippen molar-refractivity contribution in [2.24, 2.45) is 16.0 Å². The summed E-state index contributed by atoms with van der Waals surface area (Å²) in [6.45, 7) is 6.05. The fourth-order valence-corrected chi connectivity index (χ4v) is 3.23. The summed E-state index contributed by atoms with van der Waals surface area (Å²) in [6.07, 6.45) is 6.02. The molecule has 29 heavy (non-hydrogen) atoms.